The highest BCUT2D eigenvalue weighted by Crippen LogP contribution is 2.38. The van der Waals surface area contributed by atoms with E-state index in [0.29, 0.717) is 23.9 Å². The van der Waals surface area contributed by atoms with Crippen molar-refractivity contribution >= 4 is 23.2 Å². The zero-order chi connectivity index (χ0) is 19.8. The summed E-state index contributed by atoms with van der Waals surface area (Å²) >= 11 is 0. The van der Waals surface area contributed by atoms with Gasteiger partial charge in [-0.2, -0.15) is 13.2 Å². The van der Waals surface area contributed by atoms with Crippen LogP contribution in [0, 0.1) is 11.8 Å². The molecule has 142 valence electrons. The SMILES string of the molecule is C[C@H]1C[C@@H]1C(=O)Nc1cccc(C(=O)Nc2cc(C(F)(F)F)c[nH]c2=O)c1. The fourth-order valence-corrected chi connectivity index (χ4v) is 2.60. The van der Waals surface area contributed by atoms with Gasteiger partial charge in [0.05, 0.1) is 5.56 Å². The maximum absolute atomic E-state index is 12.8. The summed E-state index contributed by atoms with van der Waals surface area (Å²) in [6, 6.07) is 6.50. The minimum Gasteiger partial charge on any atom is -0.327 e. The fourth-order valence-electron chi connectivity index (χ4n) is 2.60. The molecule has 9 heteroatoms. The molecule has 2 aromatic rings. The van der Waals surface area contributed by atoms with E-state index in [0.717, 1.165) is 6.42 Å². The van der Waals surface area contributed by atoms with Crippen LogP contribution < -0.4 is 16.2 Å². The van der Waals surface area contributed by atoms with E-state index in [1.807, 2.05) is 11.9 Å². The van der Waals surface area contributed by atoms with Crippen molar-refractivity contribution in [2.24, 2.45) is 11.8 Å². The van der Waals surface area contributed by atoms with E-state index in [-0.39, 0.29) is 17.4 Å². The van der Waals surface area contributed by atoms with Gasteiger partial charge in [-0.3, -0.25) is 14.4 Å². The second-order valence-electron chi connectivity index (χ2n) is 6.47. The van der Waals surface area contributed by atoms with E-state index in [1.54, 1.807) is 6.07 Å². The molecule has 2 atom stereocenters. The molecule has 1 aromatic heterocycles. The van der Waals surface area contributed by atoms with E-state index in [2.05, 4.69) is 10.6 Å². The predicted octanol–water partition coefficient (Wildman–Crippen LogP) is 3.24. The lowest BCUT2D eigenvalue weighted by molar-refractivity contribution is -0.137. The number of alkyl halides is 3. The van der Waals surface area contributed by atoms with Crippen LogP contribution in [-0.2, 0) is 11.0 Å². The van der Waals surface area contributed by atoms with Crippen LogP contribution in [0.5, 0.6) is 0 Å². The van der Waals surface area contributed by atoms with Crippen molar-refractivity contribution in [2.75, 3.05) is 10.6 Å². The molecule has 27 heavy (non-hydrogen) atoms. The molecule has 1 saturated carbocycles. The molecule has 3 N–H and O–H groups in total. The Labute approximate surface area is 151 Å². The molecule has 0 spiro atoms. The van der Waals surface area contributed by atoms with Gasteiger partial charge in [0, 0.05) is 23.4 Å². The van der Waals surface area contributed by atoms with Crippen molar-refractivity contribution < 1.29 is 22.8 Å². The van der Waals surface area contributed by atoms with Crippen molar-refractivity contribution in [1.29, 1.82) is 0 Å². The molecule has 3 rings (SSSR count). The third-order valence-corrected chi connectivity index (χ3v) is 4.32. The number of benzene rings is 1. The van der Waals surface area contributed by atoms with E-state index in [4.69, 9.17) is 0 Å². The summed E-state index contributed by atoms with van der Waals surface area (Å²) in [6.45, 7) is 1.96. The van der Waals surface area contributed by atoms with Gasteiger partial charge in [0.1, 0.15) is 5.69 Å². The normalized spacial score (nSPS) is 18.7. The number of halogens is 3. The first-order chi connectivity index (χ1) is 12.6. The first kappa shape index (κ1) is 18.7. The summed E-state index contributed by atoms with van der Waals surface area (Å²) in [6.07, 6.45) is -3.31. The van der Waals surface area contributed by atoms with Crippen molar-refractivity contribution in [1.82, 2.24) is 4.98 Å². The third-order valence-electron chi connectivity index (χ3n) is 4.32. The molecule has 1 aliphatic rings. The largest absolute Gasteiger partial charge is 0.417 e. The molecule has 1 aromatic carbocycles. The van der Waals surface area contributed by atoms with Gasteiger partial charge in [0.2, 0.25) is 5.91 Å². The van der Waals surface area contributed by atoms with Crippen molar-refractivity contribution in [3.63, 3.8) is 0 Å². The molecular formula is C18H16F3N3O3. The molecule has 0 saturated heterocycles. The Morgan fingerprint density at radius 2 is 1.89 bits per heavy atom. The summed E-state index contributed by atoms with van der Waals surface area (Å²) in [5.74, 6) is -0.639. The number of hydrogen-bond donors (Lipinski definition) is 3. The monoisotopic (exact) mass is 379 g/mol. The number of hydrogen-bond acceptors (Lipinski definition) is 3. The summed E-state index contributed by atoms with van der Waals surface area (Å²) in [4.78, 5) is 37.9. The molecule has 1 aliphatic carbocycles. The Morgan fingerprint density at radius 3 is 2.52 bits per heavy atom. The van der Waals surface area contributed by atoms with Gasteiger partial charge in [-0.1, -0.05) is 13.0 Å². The molecule has 2 amide bonds. The minimum atomic E-state index is -4.66. The number of pyridine rings is 1. The van der Waals surface area contributed by atoms with Gasteiger partial charge in [0.25, 0.3) is 11.5 Å². The molecule has 0 aliphatic heterocycles. The lowest BCUT2D eigenvalue weighted by Gasteiger charge is -2.10. The van der Waals surface area contributed by atoms with Crippen LogP contribution in [0.4, 0.5) is 24.5 Å². The van der Waals surface area contributed by atoms with Crippen LogP contribution in [-0.4, -0.2) is 16.8 Å². The maximum atomic E-state index is 12.8. The van der Waals surface area contributed by atoms with Gasteiger partial charge in [-0.25, -0.2) is 0 Å². The average molecular weight is 379 g/mol. The maximum Gasteiger partial charge on any atom is 0.417 e. The number of H-pyrrole nitrogens is 1. The zero-order valence-corrected chi connectivity index (χ0v) is 14.2. The summed E-state index contributed by atoms with van der Waals surface area (Å²) in [7, 11) is 0. The van der Waals surface area contributed by atoms with Crippen LogP contribution in [0.25, 0.3) is 0 Å². The van der Waals surface area contributed by atoms with E-state index >= 15 is 0 Å². The Morgan fingerprint density at radius 1 is 1.19 bits per heavy atom. The van der Waals surface area contributed by atoms with Crippen LogP contribution in [0.3, 0.4) is 0 Å². The number of carbonyl (C=O) groups excluding carboxylic acids is 2. The van der Waals surface area contributed by atoms with E-state index in [1.165, 1.54) is 18.2 Å². The summed E-state index contributed by atoms with van der Waals surface area (Å²) < 4.78 is 38.3. The standard InChI is InChI=1S/C18H16F3N3O3/c1-9-5-13(9)16(26)23-12-4-2-3-10(6-12)15(25)24-14-7-11(18(19,20)21)8-22-17(14)27/h2-4,6-9,13H,5H2,1H3,(H,22,27)(H,23,26)(H,24,25)/t9-,13-/m0/s1. The number of carbonyl (C=O) groups is 2. The van der Waals surface area contributed by atoms with Gasteiger partial charge < -0.3 is 15.6 Å². The number of rotatable bonds is 4. The molecule has 0 unspecified atom stereocenters. The quantitative estimate of drug-likeness (QED) is 0.762. The number of aromatic nitrogens is 1. The second-order valence-corrected chi connectivity index (χ2v) is 6.47. The highest BCUT2D eigenvalue weighted by Gasteiger charge is 2.39. The topological polar surface area (TPSA) is 91.1 Å². The molecule has 0 bridgehead atoms. The minimum absolute atomic E-state index is 0.0499. The Hall–Kier alpha value is -3.10. The highest BCUT2D eigenvalue weighted by molar-refractivity contribution is 6.05. The first-order valence-electron chi connectivity index (χ1n) is 8.17. The van der Waals surface area contributed by atoms with E-state index < -0.39 is 28.9 Å². The zero-order valence-electron chi connectivity index (χ0n) is 14.2. The molecule has 0 radical (unpaired) electrons. The van der Waals surface area contributed by atoms with Crippen molar-refractivity contribution in [3.8, 4) is 0 Å². The van der Waals surface area contributed by atoms with E-state index in [9.17, 15) is 27.6 Å². The Balaban J connectivity index is 1.76. The van der Waals surface area contributed by atoms with Gasteiger partial charge >= 0.3 is 6.18 Å². The lowest BCUT2D eigenvalue weighted by atomic mass is 10.1. The Bertz CT molecular complexity index is 953. The first-order valence-corrected chi connectivity index (χ1v) is 8.17. The highest BCUT2D eigenvalue weighted by atomic mass is 19.4. The van der Waals surface area contributed by atoms with Crippen LogP contribution in [0.1, 0.15) is 29.3 Å². The summed E-state index contributed by atoms with van der Waals surface area (Å²) in [5.41, 5.74) is -1.98. The van der Waals surface area contributed by atoms with Gasteiger partial charge in [-0.15, -0.1) is 0 Å². The van der Waals surface area contributed by atoms with Crippen LogP contribution >= 0.6 is 0 Å². The lowest BCUT2D eigenvalue weighted by Crippen LogP contribution is -2.21. The fraction of sp³-hybridized carbons (Fsp3) is 0.278. The molecular weight excluding hydrogens is 363 g/mol. The molecule has 1 heterocycles. The van der Waals surface area contributed by atoms with Gasteiger partial charge in [-0.05, 0) is 36.6 Å². The van der Waals surface area contributed by atoms with Crippen molar-refractivity contribution in [3.05, 3.63) is 58.0 Å². The average Bonchev–Trinajstić information content (AvgIpc) is 3.33. The van der Waals surface area contributed by atoms with Crippen LogP contribution in [0.15, 0.2) is 41.3 Å². The second kappa shape index (κ2) is 6.90. The predicted molar refractivity (Wildman–Crippen MR) is 92.4 cm³/mol. The number of aromatic amines is 1. The van der Waals surface area contributed by atoms with Crippen LogP contribution in [0.2, 0.25) is 0 Å². The summed E-state index contributed by atoms with van der Waals surface area (Å²) in [5, 5.41) is 4.86. The smallest absolute Gasteiger partial charge is 0.327 e. The number of amides is 2. The van der Waals surface area contributed by atoms with Gasteiger partial charge in [0.15, 0.2) is 0 Å². The molecule has 1 fully saturated rings. The Kier molecular flexibility index (Phi) is 4.77. The number of anilines is 2. The third kappa shape index (κ3) is 4.36. The van der Waals surface area contributed by atoms with Crippen molar-refractivity contribution in [2.45, 2.75) is 19.5 Å². The molecule has 6 nitrogen and oxygen atoms in total. The number of nitrogens with one attached hydrogen (secondary N) is 3.